The average Bonchev–Trinajstić information content (AvgIpc) is 3.22. The van der Waals surface area contributed by atoms with Crippen molar-refractivity contribution in [1.29, 1.82) is 0 Å². The number of alkyl halides is 3. The number of aryl methyl sites for hydroxylation is 1. The van der Waals surface area contributed by atoms with Crippen LogP contribution in [0.3, 0.4) is 0 Å². The van der Waals surface area contributed by atoms with E-state index < -0.39 is 24.2 Å². The van der Waals surface area contributed by atoms with Crippen molar-refractivity contribution in [3.8, 4) is 0 Å². The highest BCUT2D eigenvalue weighted by Gasteiger charge is 2.48. The molecule has 0 aliphatic carbocycles. The minimum Gasteiger partial charge on any atom is -0.465 e. The molecule has 0 bridgehead atoms. The lowest BCUT2D eigenvalue weighted by molar-refractivity contribution is -0.168. The molecule has 1 aliphatic heterocycles. The van der Waals surface area contributed by atoms with Crippen LogP contribution in [0.25, 0.3) is 0 Å². The number of urea groups is 1. The van der Waals surface area contributed by atoms with Crippen LogP contribution < -0.4 is 4.90 Å². The maximum Gasteiger partial charge on any atom is 0.408 e. The quantitative estimate of drug-likeness (QED) is 0.659. The van der Waals surface area contributed by atoms with Gasteiger partial charge in [-0.15, -0.1) is 0 Å². The molecular formula is C22H23F3N2O3. The van der Waals surface area contributed by atoms with Gasteiger partial charge in [0.2, 0.25) is 0 Å². The van der Waals surface area contributed by atoms with Crippen molar-refractivity contribution in [3.63, 3.8) is 0 Å². The second-order valence-electron chi connectivity index (χ2n) is 7.29. The Kier molecular flexibility index (Phi) is 6.34. The lowest BCUT2D eigenvalue weighted by atomic mass is 10.1. The van der Waals surface area contributed by atoms with Gasteiger partial charge in [0.1, 0.15) is 6.04 Å². The summed E-state index contributed by atoms with van der Waals surface area (Å²) in [4.78, 5) is 27.1. The zero-order chi connectivity index (χ0) is 21.9. The van der Waals surface area contributed by atoms with Crippen molar-refractivity contribution in [1.82, 2.24) is 4.90 Å². The number of esters is 1. The predicted molar refractivity (Wildman–Crippen MR) is 106 cm³/mol. The summed E-state index contributed by atoms with van der Waals surface area (Å²) in [5.41, 5.74) is 2.44. The Balaban J connectivity index is 1.91. The van der Waals surface area contributed by atoms with Crippen LogP contribution in [0.15, 0.2) is 48.5 Å². The van der Waals surface area contributed by atoms with Crippen LogP contribution in [-0.2, 0) is 11.3 Å². The Morgan fingerprint density at radius 1 is 1.17 bits per heavy atom. The molecule has 0 unspecified atom stereocenters. The molecule has 2 amide bonds. The van der Waals surface area contributed by atoms with Crippen LogP contribution in [-0.4, -0.2) is 42.8 Å². The van der Waals surface area contributed by atoms with Crippen molar-refractivity contribution in [2.75, 3.05) is 18.6 Å². The van der Waals surface area contributed by atoms with Crippen LogP contribution in [0.5, 0.6) is 0 Å². The first kappa shape index (κ1) is 21.7. The number of methoxy groups -OCH3 is 1. The summed E-state index contributed by atoms with van der Waals surface area (Å²) in [6.07, 6.45) is -4.25. The van der Waals surface area contributed by atoms with Gasteiger partial charge in [0.05, 0.1) is 19.2 Å². The fourth-order valence-electron chi connectivity index (χ4n) is 3.60. The van der Waals surface area contributed by atoms with E-state index in [0.29, 0.717) is 23.2 Å². The van der Waals surface area contributed by atoms with Gasteiger partial charge in [0.25, 0.3) is 0 Å². The molecule has 160 valence electrons. The Hall–Kier alpha value is -3.03. The molecule has 0 spiro atoms. The van der Waals surface area contributed by atoms with E-state index in [4.69, 9.17) is 0 Å². The summed E-state index contributed by atoms with van der Waals surface area (Å²) in [7, 11) is 1.28. The van der Waals surface area contributed by atoms with Crippen molar-refractivity contribution in [2.45, 2.75) is 38.5 Å². The molecule has 0 radical (unpaired) electrons. The van der Waals surface area contributed by atoms with Gasteiger partial charge in [0, 0.05) is 12.2 Å². The van der Waals surface area contributed by atoms with Crippen molar-refractivity contribution < 1.29 is 27.5 Å². The van der Waals surface area contributed by atoms with E-state index in [9.17, 15) is 22.8 Å². The van der Waals surface area contributed by atoms with E-state index in [1.807, 2.05) is 13.0 Å². The SMILES string of the molecule is COC(=O)c1ccc(CN(C(=O)N2CCC[C@H]2C(F)(F)F)c2cccc(C)c2)cc1. The van der Waals surface area contributed by atoms with Gasteiger partial charge in [-0.3, -0.25) is 4.90 Å². The molecule has 5 nitrogen and oxygen atoms in total. The Labute approximate surface area is 173 Å². The summed E-state index contributed by atoms with van der Waals surface area (Å²) in [6, 6.07) is 11.1. The first-order valence-corrected chi connectivity index (χ1v) is 9.59. The third kappa shape index (κ3) is 4.75. The smallest absolute Gasteiger partial charge is 0.408 e. The maximum absolute atomic E-state index is 13.4. The first-order chi connectivity index (χ1) is 14.2. The van der Waals surface area contributed by atoms with Crippen molar-refractivity contribution in [2.24, 2.45) is 0 Å². The fourth-order valence-corrected chi connectivity index (χ4v) is 3.60. The molecule has 1 fully saturated rings. The van der Waals surface area contributed by atoms with Gasteiger partial charge in [-0.1, -0.05) is 24.3 Å². The lowest BCUT2D eigenvalue weighted by Gasteiger charge is -2.33. The summed E-state index contributed by atoms with van der Waals surface area (Å²) in [5.74, 6) is -0.488. The molecule has 1 aliphatic rings. The standard InChI is InChI=1S/C22H23F3N2O3/c1-15-5-3-6-18(13-15)27(14-16-8-10-17(11-9-16)20(28)30-2)21(29)26-12-4-7-19(26)22(23,24)25/h3,5-6,8-11,13,19H,4,7,12,14H2,1-2H3/t19-/m0/s1. The number of carbonyl (C=O) groups excluding carboxylic acids is 2. The van der Waals surface area contributed by atoms with Crippen LogP contribution in [0.4, 0.5) is 23.7 Å². The molecule has 0 N–H and O–H groups in total. The fraction of sp³-hybridized carbons (Fsp3) is 0.364. The van der Waals surface area contributed by atoms with Gasteiger partial charge in [-0.2, -0.15) is 13.2 Å². The predicted octanol–water partition coefficient (Wildman–Crippen LogP) is 4.93. The maximum atomic E-state index is 13.4. The average molecular weight is 420 g/mol. The number of ether oxygens (including phenoxy) is 1. The molecule has 1 heterocycles. The minimum absolute atomic E-state index is 0.0621. The van der Waals surface area contributed by atoms with E-state index in [1.54, 1.807) is 42.5 Å². The van der Waals surface area contributed by atoms with E-state index in [0.717, 1.165) is 10.5 Å². The number of nitrogens with zero attached hydrogens (tertiary/aromatic N) is 2. The molecule has 0 saturated carbocycles. The lowest BCUT2D eigenvalue weighted by Crippen LogP contribution is -2.50. The molecule has 2 aromatic rings. The zero-order valence-corrected chi connectivity index (χ0v) is 16.8. The zero-order valence-electron chi connectivity index (χ0n) is 16.8. The summed E-state index contributed by atoms with van der Waals surface area (Å²) in [6.45, 7) is 1.99. The Morgan fingerprint density at radius 2 is 1.87 bits per heavy atom. The van der Waals surface area contributed by atoms with Crippen molar-refractivity contribution in [3.05, 3.63) is 65.2 Å². The number of likely N-dealkylation sites (tertiary alicyclic amines) is 1. The summed E-state index contributed by atoms with van der Waals surface area (Å²) >= 11 is 0. The Bertz CT molecular complexity index is 913. The second-order valence-corrected chi connectivity index (χ2v) is 7.29. The molecule has 3 rings (SSSR count). The van der Waals surface area contributed by atoms with E-state index >= 15 is 0 Å². The number of halogens is 3. The van der Waals surface area contributed by atoms with Gasteiger partial charge in [0.15, 0.2) is 0 Å². The molecule has 0 aromatic heterocycles. The van der Waals surface area contributed by atoms with Gasteiger partial charge in [-0.05, 0) is 55.2 Å². The highest BCUT2D eigenvalue weighted by molar-refractivity contribution is 5.93. The minimum atomic E-state index is -4.47. The van der Waals surface area contributed by atoms with E-state index in [2.05, 4.69) is 4.74 Å². The highest BCUT2D eigenvalue weighted by Crippen LogP contribution is 2.34. The van der Waals surface area contributed by atoms with Crippen LogP contribution >= 0.6 is 0 Å². The van der Waals surface area contributed by atoms with Gasteiger partial charge in [-0.25, -0.2) is 9.59 Å². The third-order valence-electron chi connectivity index (χ3n) is 5.14. The number of hydrogen-bond donors (Lipinski definition) is 0. The topological polar surface area (TPSA) is 49.9 Å². The molecule has 30 heavy (non-hydrogen) atoms. The molecule has 1 atom stereocenters. The molecule has 2 aromatic carbocycles. The molecular weight excluding hydrogens is 397 g/mol. The largest absolute Gasteiger partial charge is 0.465 e. The van der Waals surface area contributed by atoms with Crippen LogP contribution in [0.1, 0.15) is 34.3 Å². The van der Waals surface area contributed by atoms with Gasteiger partial charge >= 0.3 is 18.2 Å². The normalized spacial score (nSPS) is 16.4. The van der Waals surface area contributed by atoms with Crippen LogP contribution in [0.2, 0.25) is 0 Å². The molecule has 8 heteroatoms. The highest BCUT2D eigenvalue weighted by atomic mass is 19.4. The number of rotatable bonds is 4. The summed E-state index contributed by atoms with van der Waals surface area (Å²) < 4.78 is 44.9. The third-order valence-corrected chi connectivity index (χ3v) is 5.14. The number of anilines is 1. The second kappa shape index (κ2) is 8.77. The van der Waals surface area contributed by atoms with E-state index in [-0.39, 0.29) is 19.5 Å². The summed E-state index contributed by atoms with van der Waals surface area (Å²) in [5, 5.41) is 0. The van der Waals surface area contributed by atoms with Gasteiger partial charge < -0.3 is 9.64 Å². The number of benzene rings is 2. The number of amides is 2. The molecule has 1 saturated heterocycles. The number of carbonyl (C=O) groups is 2. The van der Waals surface area contributed by atoms with E-state index in [1.165, 1.54) is 12.0 Å². The monoisotopic (exact) mass is 420 g/mol. The first-order valence-electron chi connectivity index (χ1n) is 9.59. The number of hydrogen-bond acceptors (Lipinski definition) is 3. The Morgan fingerprint density at radius 3 is 2.47 bits per heavy atom. The van der Waals surface area contributed by atoms with Crippen LogP contribution in [0, 0.1) is 6.92 Å². The van der Waals surface area contributed by atoms with Crippen molar-refractivity contribution >= 4 is 17.7 Å².